The van der Waals surface area contributed by atoms with Gasteiger partial charge in [0.25, 0.3) is 0 Å². The van der Waals surface area contributed by atoms with Crippen LogP contribution in [0.4, 0.5) is 0 Å². The maximum absolute atomic E-state index is 10.5. The Morgan fingerprint density at radius 3 is 2.72 bits per heavy atom. The van der Waals surface area contributed by atoms with E-state index in [1.165, 1.54) is 27.9 Å². The number of nitrogens with one attached hydrogen (secondary N) is 1. The van der Waals surface area contributed by atoms with Crippen molar-refractivity contribution in [2.75, 3.05) is 6.54 Å². The Hall–Kier alpha value is 0.1000. The highest BCUT2D eigenvalue weighted by Crippen LogP contribution is 2.33. The number of hydrogen-bond acceptors (Lipinski definition) is 3. The lowest BCUT2D eigenvalue weighted by molar-refractivity contribution is -0.00876. The first-order chi connectivity index (χ1) is 8.61. The third-order valence-corrected chi connectivity index (χ3v) is 5.62. The summed E-state index contributed by atoms with van der Waals surface area (Å²) in [6, 6.07) is 4.20. The Morgan fingerprint density at radius 1 is 1.44 bits per heavy atom. The van der Waals surface area contributed by atoms with Crippen LogP contribution in [-0.4, -0.2) is 17.3 Å². The van der Waals surface area contributed by atoms with Crippen molar-refractivity contribution >= 4 is 27.3 Å². The van der Waals surface area contributed by atoms with Gasteiger partial charge in [-0.05, 0) is 59.7 Å². The van der Waals surface area contributed by atoms with Crippen LogP contribution in [0.2, 0.25) is 0 Å². The largest absolute Gasteiger partial charge is 0.389 e. The fraction of sp³-hybridized carbons (Fsp3) is 0.714. The Kier molecular flexibility index (Phi) is 5.24. The van der Waals surface area contributed by atoms with E-state index in [0.717, 1.165) is 31.8 Å². The SMILES string of the molecule is CCC1CCC(O)(CNCc2ccc(Br)s2)CC1. The third-order valence-electron chi connectivity index (χ3n) is 4.00. The molecule has 1 aliphatic rings. The molecular formula is C14H22BrNOS. The molecule has 2 rings (SSSR count). The molecule has 1 aromatic heterocycles. The Balaban J connectivity index is 1.73. The summed E-state index contributed by atoms with van der Waals surface area (Å²) in [5.74, 6) is 0.832. The van der Waals surface area contributed by atoms with Gasteiger partial charge < -0.3 is 10.4 Å². The molecule has 0 spiro atoms. The topological polar surface area (TPSA) is 32.3 Å². The molecule has 1 fully saturated rings. The van der Waals surface area contributed by atoms with Crippen molar-refractivity contribution in [3.8, 4) is 0 Å². The molecule has 0 bridgehead atoms. The van der Waals surface area contributed by atoms with Crippen molar-refractivity contribution < 1.29 is 5.11 Å². The molecule has 0 atom stereocenters. The van der Waals surface area contributed by atoms with Gasteiger partial charge in [0, 0.05) is 18.0 Å². The summed E-state index contributed by atoms with van der Waals surface area (Å²) in [5, 5.41) is 13.9. The molecule has 0 aromatic carbocycles. The molecule has 18 heavy (non-hydrogen) atoms. The molecule has 0 unspecified atom stereocenters. The van der Waals surface area contributed by atoms with Gasteiger partial charge in [-0.25, -0.2) is 0 Å². The fourth-order valence-electron chi connectivity index (χ4n) is 2.67. The molecule has 2 nitrogen and oxygen atoms in total. The van der Waals surface area contributed by atoms with Gasteiger partial charge in [-0.1, -0.05) is 13.3 Å². The van der Waals surface area contributed by atoms with Crippen LogP contribution >= 0.6 is 27.3 Å². The smallest absolute Gasteiger partial charge is 0.0771 e. The van der Waals surface area contributed by atoms with Gasteiger partial charge in [0.15, 0.2) is 0 Å². The highest BCUT2D eigenvalue weighted by Gasteiger charge is 2.31. The van der Waals surface area contributed by atoms with Crippen LogP contribution in [0.3, 0.4) is 0 Å². The van der Waals surface area contributed by atoms with Crippen LogP contribution in [0, 0.1) is 5.92 Å². The van der Waals surface area contributed by atoms with Gasteiger partial charge in [-0.3, -0.25) is 0 Å². The molecular weight excluding hydrogens is 310 g/mol. The van der Waals surface area contributed by atoms with Crippen molar-refractivity contribution in [2.24, 2.45) is 5.92 Å². The van der Waals surface area contributed by atoms with Crippen LogP contribution in [0.15, 0.2) is 15.9 Å². The van der Waals surface area contributed by atoms with E-state index >= 15 is 0 Å². The molecule has 1 aromatic rings. The van der Waals surface area contributed by atoms with E-state index in [1.807, 2.05) is 0 Å². The van der Waals surface area contributed by atoms with Gasteiger partial charge in [-0.2, -0.15) is 0 Å². The van der Waals surface area contributed by atoms with Crippen LogP contribution in [0.5, 0.6) is 0 Å². The van der Waals surface area contributed by atoms with Gasteiger partial charge in [-0.15, -0.1) is 11.3 Å². The Morgan fingerprint density at radius 2 is 2.17 bits per heavy atom. The van der Waals surface area contributed by atoms with E-state index in [2.05, 4.69) is 40.3 Å². The molecule has 102 valence electrons. The lowest BCUT2D eigenvalue weighted by atomic mass is 9.78. The summed E-state index contributed by atoms with van der Waals surface area (Å²) in [7, 11) is 0. The highest BCUT2D eigenvalue weighted by molar-refractivity contribution is 9.11. The van der Waals surface area contributed by atoms with E-state index in [-0.39, 0.29) is 0 Å². The van der Waals surface area contributed by atoms with Crippen LogP contribution in [0.25, 0.3) is 0 Å². The second kappa shape index (κ2) is 6.51. The predicted molar refractivity (Wildman–Crippen MR) is 80.9 cm³/mol. The monoisotopic (exact) mass is 331 g/mol. The average Bonchev–Trinajstić information content (AvgIpc) is 2.76. The predicted octanol–water partition coefficient (Wildman–Crippen LogP) is 3.93. The van der Waals surface area contributed by atoms with E-state index in [9.17, 15) is 5.11 Å². The molecule has 0 amide bonds. The average molecular weight is 332 g/mol. The van der Waals surface area contributed by atoms with Gasteiger partial charge in [0.2, 0.25) is 0 Å². The first kappa shape index (κ1) is 14.5. The summed E-state index contributed by atoms with van der Waals surface area (Å²) in [5.41, 5.74) is -0.472. The Labute approximate surface area is 122 Å². The van der Waals surface area contributed by atoms with E-state index < -0.39 is 5.60 Å². The molecule has 0 saturated heterocycles. The minimum absolute atomic E-state index is 0.472. The van der Waals surface area contributed by atoms with Gasteiger partial charge >= 0.3 is 0 Å². The van der Waals surface area contributed by atoms with Crippen molar-refractivity contribution in [1.29, 1.82) is 0 Å². The van der Waals surface area contributed by atoms with Crippen LogP contribution in [-0.2, 0) is 6.54 Å². The van der Waals surface area contributed by atoms with E-state index in [1.54, 1.807) is 11.3 Å². The van der Waals surface area contributed by atoms with Crippen LogP contribution < -0.4 is 5.32 Å². The number of rotatable bonds is 5. The summed E-state index contributed by atoms with van der Waals surface area (Å²) < 4.78 is 1.17. The van der Waals surface area contributed by atoms with Crippen molar-refractivity contribution in [3.63, 3.8) is 0 Å². The summed E-state index contributed by atoms with van der Waals surface area (Å²) >= 11 is 5.22. The first-order valence-electron chi connectivity index (χ1n) is 6.78. The number of aliphatic hydroxyl groups is 1. The zero-order valence-electron chi connectivity index (χ0n) is 10.9. The maximum atomic E-state index is 10.5. The quantitative estimate of drug-likeness (QED) is 0.856. The standard InChI is InChI=1S/C14H22BrNOS/c1-2-11-5-7-14(17,8-6-11)10-16-9-12-3-4-13(15)18-12/h3-4,11,16-17H,2,5-10H2,1H3. The second-order valence-corrected chi connectivity index (χ2v) is 7.93. The number of hydrogen-bond donors (Lipinski definition) is 2. The van der Waals surface area contributed by atoms with E-state index in [0.29, 0.717) is 0 Å². The van der Waals surface area contributed by atoms with E-state index in [4.69, 9.17) is 0 Å². The third kappa shape index (κ3) is 4.05. The van der Waals surface area contributed by atoms with Crippen molar-refractivity contribution in [2.45, 2.75) is 51.2 Å². The molecule has 4 heteroatoms. The number of thiophene rings is 1. The lowest BCUT2D eigenvalue weighted by Crippen LogP contribution is -2.43. The minimum atomic E-state index is -0.472. The highest BCUT2D eigenvalue weighted by atomic mass is 79.9. The molecule has 0 aliphatic heterocycles. The van der Waals surface area contributed by atoms with Crippen molar-refractivity contribution in [3.05, 3.63) is 20.8 Å². The van der Waals surface area contributed by atoms with Crippen LogP contribution in [0.1, 0.15) is 43.9 Å². The van der Waals surface area contributed by atoms with Gasteiger partial charge in [0.05, 0.1) is 9.39 Å². The fourth-order valence-corrected chi connectivity index (χ4v) is 4.12. The Bertz CT molecular complexity index is 372. The maximum Gasteiger partial charge on any atom is 0.0771 e. The molecule has 1 aliphatic carbocycles. The normalized spacial score (nSPS) is 28.5. The molecule has 1 heterocycles. The van der Waals surface area contributed by atoms with Gasteiger partial charge in [0.1, 0.15) is 0 Å². The summed E-state index contributed by atoms with van der Waals surface area (Å²) in [6.07, 6.45) is 5.52. The first-order valence-corrected chi connectivity index (χ1v) is 8.39. The number of halogens is 1. The summed E-state index contributed by atoms with van der Waals surface area (Å²) in [4.78, 5) is 1.31. The molecule has 0 radical (unpaired) electrons. The zero-order chi connectivity index (χ0) is 13.0. The van der Waals surface area contributed by atoms with Crippen molar-refractivity contribution in [1.82, 2.24) is 5.32 Å². The zero-order valence-corrected chi connectivity index (χ0v) is 13.3. The summed E-state index contributed by atoms with van der Waals surface area (Å²) in [6.45, 7) is 3.83. The molecule has 2 N–H and O–H groups in total. The minimum Gasteiger partial charge on any atom is -0.389 e. The lowest BCUT2D eigenvalue weighted by Gasteiger charge is -2.36. The molecule has 1 saturated carbocycles. The second-order valence-electron chi connectivity index (χ2n) is 5.39.